The van der Waals surface area contributed by atoms with E-state index in [0.29, 0.717) is 0 Å². The van der Waals surface area contributed by atoms with Crippen LogP contribution in [0.5, 0.6) is 17.5 Å². The largest absolute Gasteiger partial charge is 0.574 e. The van der Waals surface area contributed by atoms with Crippen LogP contribution in [0.15, 0.2) is 6.07 Å². The monoisotopic (exact) mass is 259 g/mol. The van der Waals surface area contributed by atoms with Crippen molar-refractivity contribution < 1.29 is 36.5 Å². The fraction of sp³-hybridized carbons (Fsp3) is 0.375. The van der Waals surface area contributed by atoms with Gasteiger partial charge in [0.05, 0.1) is 12.7 Å². The topological polar surface area (TPSA) is 51.6 Å². The smallest absolute Gasteiger partial charge is 0.503 e. The molecular weight excluding hydrogens is 253 g/mol. The van der Waals surface area contributed by atoms with Crippen molar-refractivity contribution in [3.63, 3.8) is 0 Å². The average Bonchev–Trinajstić information content (AvgIpc) is 2.17. The van der Waals surface area contributed by atoms with Gasteiger partial charge in [0.25, 0.3) is 12.3 Å². The Morgan fingerprint density at radius 3 is 2.35 bits per heavy atom. The van der Waals surface area contributed by atoms with Crippen LogP contribution in [-0.2, 0) is 0 Å². The third kappa shape index (κ3) is 3.33. The van der Waals surface area contributed by atoms with Gasteiger partial charge in [0.1, 0.15) is 0 Å². The van der Waals surface area contributed by atoms with E-state index in [1.165, 1.54) is 0 Å². The first-order chi connectivity index (χ1) is 7.74. The van der Waals surface area contributed by atoms with Crippen molar-refractivity contribution in [1.29, 1.82) is 0 Å². The van der Waals surface area contributed by atoms with E-state index >= 15 is 0 Å². The minimum atomic E-state index is -5.08. The average molecular weight is 259 g/mol. The molecule has 0 aliphatic carbocycles. The van der Waals surface area contributed by atoms with Gasteiger partial charge in [-0.05, 0) is 0 Å². The van der Waals surface area contributed by atoms with Crippen molar-refractivity contribution in [1.82, 2.24) is 4.98 Å². The second kappa shape index (κ2) is 4.60. The molecule has 0 spiro atoms. The lowest BCUT2D eigenvalue weighted by atomic mass is 10.2. The number of hydrogen-bond donors (Lipinski definition) is 1. The molecule has 0 saturated carbocycles. The number of halogens is 5. The van der Waals surface area contributed by atoms with E-state index in [2.05, 4.69) is 14.5 Å². The molecule has 0 saturated heterocycles. The van der Waals surface area contributed by atoms with Crippen LogP contribution in [0.25, 0.3) is 0 Å². The van der Waals surface area contributed by atoms with Crippen molar-refractivity contribution in [3.8, 4) is 17.5 Å². The number of methoxy groups -OCH3 is 1. The summed E-state index contributed by atoms with van der Waals surface area (Å²) in [7, 11) is 0.953. The second-order valence-electron chi connectivity index (χ2n) is 2.76. The van der Waals surface area contributed by atoms with Gasteiger partial charge < -0.3 is 14.6 Å². The summed E-state index contributed by atoms with van der Waals surface area (Å²) in [6, 6.07) is 0.288. The molecule has 0 atom stereocenters. The standard InChI is InChI=1S/C8H6F5NO3/c1-16-7-5(15)3(6(9)10)2-4(14-7)17-8(11,12)13/h2,6,15H,1H3. The molecule has 0 aliphatic rings. The molecule has 1 rings (SSSR count). The van der Waals surface area contributed by atoms with Gasteiger partial charge in [-0.25, -0.2) is 8.78 Å². The van der Waals surface area contributed by atoms with Crippen LogP contribution in [0, 0.1) is 0 Å². The Morgan fingerprint density at radius 1 is 1.35 bits per heavy atom. The molecule has 0 radical (unpaired) electrons. The normalized spacial score (nSPS) is 11.7. The molecule has 96 valence electrons. The summed E-state index contributed by atoms with van der Waals surface area (Å²) in [6.07, 6.45) is -8.27. The molecule has 0 unspecified atom stereocenters. The van der Waals surface area contributed by atoms with E-state index in [1.54, 1.807) is 0 Å². The van der Waals surface area contributed by atoms with Gasteiger partial charge in [0, 0.05) is 6.07 Å². The lowest BCUT2D eigenvalue weighted by Crippen LogP contribution is -2.18. The fourth-order valence-corrected chi connectivity index (χ4v) is 0.990. The van der Waals surface area contributed by atoms with Crippen molar-refractivity contribution in [2.75, 3.05) is 7.11 Å². The molecule has 0 fully saturated rings. The summed E-state index contributed by atoms with van der Waals surface area (Å²) in [5.41, 5.74) is -1.06. The first kappa shape index (κ1) is 13.3. The minimum Gasteiger partial charge on any atom is -0.503 e. The Bertz CT molecular complexity index is 407. The fourth-order valence-electron chi connectivity index (χ4n) is 0.990. The molecular formula is C8H6F5NO3. The molecule has 17 heavy (non-hydrogen) atoms. The summed E-state index contributed by atoms with van der Waals surface area (Å²) in [5.74, 6) is -2.94. The highest BCUT2D eigenvalue weighted by molar-refractivity contribution is 5.44. The van der Waals surface area contributed by atoms with Crippen LogP contribution in [0.2, 0.25) is 0 Å². The molecule has 9 heteroatoms. The van der Waals surface area contributed by atoms with Crippen LogP contribution in [0.3, 0.4) is 0 Å². The molecule has 0 amide bonds. The van der Waals surface area contributed by atoms with E-state index in [-0.39, 0.29) is 6.07 Å². The molecule has 4 nitrogen and oxygen atoms in total. The van der Waals surface area contributed by atoms with Gasteiger partial charge >= 0.3 is 6.36 Å². The summed E-state index contributed by atoms with van der Waals surface area (Å²) in [5, 5.41) is 9.18. The van der Waals surface area contributed by atoms with Crippen molar-refractivity contribution >= 4 is 0 Å². The van der Waals surface area contributed by atoms with Crippen LogP contribution in [-0.4, -0.2) is 23.6 Å². The highest BCUT2D eigenvalue weighted by atomic mass is 19.4. The molecule has 1 heterocycles. The molecule has 0 bridgehead atoms. The number of hydrogen-bond acceptors (Lipinski definition) is 4. The van der Waals surface area contributed by atoms with Crippen LogP contribution in [0.4, 0.5) is 22.0 Å². The van der Waals surface area contributed by atoms with Crippen LogP contribution >= 0.6 is 0 Å². The van der Waals surface area contributed by atoms with Gasteiger partial charge in [-0.15, -0.1) is 13.2 Å². The van der Waals surface area contributed by atoms with Gasteiger partial charge in [0.15, 0.2) is 5.75 Å². The molecule has 1 aromatic rings. The highest BCUT2D eigenvalue weighted by Gasteiger charge is 2.33. The van der Waals surface area contributed by atoms with Crippen molar-refractivity contribution in [2.45, 2.75) is 12.8 Å². The van der Waals surface area contributed by atoms with Gasteiger partial charge in [-0.1, -0.05) is 0 Å². The number of rotatable bonds is 3. The second-order valence-corrected chi connectivity index (χ2v) is 2.76. The molecule has 0 aliphatic heterocycles. The predicted octanol–water partition coefficient (Wildman–Crippen LogP) is 2.63. The maximum absolute atomic E-state index is 12.4. The zero-order chi connectivity index (χ0) is 13.2. The first-order valence-electron chi connectivity index (χ1n) is 4.06. The summed E-state index contributed by atoms with van der Waals surface area (Å²) in [4.78, 5) is 3.07. The Labute approximate surface area is 91.6 Å². The lowest BCUT2D eigenvalue weighted by Gasteiger charge is -2.12. The molecule has 0 aromatic carbocycles. The van der Waals surface area contributed by atoms with Crippen molar-refractivity contribution in [3.05, 3.63) is 11.6 Å². The van der Waals surface area contributed by atoms with Crippen molar-refractivity contribution in [2.24, 2.45) is 0 Å². The van der Waals surface area contributed by atoms with E-state index in [1.807, 2.05) is 0 Å². The minimum absolute atomic E-state index is 0.288. The first-order valence-corrected chi connectivity index (χ1v) is 4.06. The predicted molar refractivity (Wildman–Crippen MR) is 44.1 cm³/mol. The lowest BCUT2D eigenvalue weighted by molar-refractivity contribution is -0.276. The van der Waals surface area contributed by atoms with E-state index in [4.69, 9.17) is 0 Å². The zero-order valence-corrected chi connectivity index (χ0v) is 8.26. The van der Waals surface area contributed by atoms with E-state index in [0.717, 1.165) is 7.11 Å². The number of alkyl halides is 5. The summed E-state index contributed by atoms with van der Waals surface area (Å²) >= 11 is 0. The van der Waals surface area contributed by atoms with Gasteiger partial charge in [-0.3, -0.25) is 0 Å². The SMILES string of the molecule is COc1nc(OC(F)(F)F)cc(C(F)F)c1O. The summed E-state index contributed by atoms with van der Waals surface area (Å²) in [6.45, 7) is 0. The highest BCUT2D eigenvalue weighted by Crippen LogP contribution is 2.38. The Morgan fingerprint density at radius 2 is 1.94 bits per heavy atom. The maximum Gasteiger partial charge on any atom is 0.574 e. The summed E-state index contributed by atoms with van der Waals surface area (Å²) < 4.78 is 68.0. The van der Waals surface area contributed by atoms with Crippen LogP contribution < -0.4 is 9.47 Å². The van der Waals surface area contributed by atoms with Gasteiger partial charge in [-0.2, -0.15) is 4.98 Å². The number of nitrogens with zero attached hydrogens (tertiary/aromatic N) is 1. The Hall–Kier alpha value is -1.80. The number of ether oxygens (including phenoxy) is 2. The number of aromatic nitrogens is 1. The number of pyridine rings is 1. The van der Waals surface area contributed by atoms with E-state index < -0.39 is 35.9 Å². The molecule has 1 N–H and O–H groups in total. The quantitative estimate of drug-likeness (QED) is 0.848. The number of aromatic hydroxyl groups is 1. The van der Waals surface area contributed by atoms with Gasteiger partial charge in [0.2, 0.25) is 5.88 Å². The Balaban J connectivity index is 3.21. The zero-order valence-electron chi connectivity index (χ0n) is 8.26. The third-order valence-electron chi connectivity index (χ3n) is 1.62. The Kier molecular flexibility index (Phi) is 3.59. The van der Waals surface area contributed by atoms with E-state index in [9.17, 15) is 27.1 Å². The maximum atomic E-state index is 12.4. The van der Waals surface area contributed by atoms with Crippen LogP contribution in [0.1, 0.15) is 12.0 Å². The molecule has 1 aromatic heterocycles. The third-order valence-corrected chi connectivity index (χ3v) is 1.62.